The summed E-state index contributed by atoms with van der Waals surface area (Å²) in [6.07, 6.45) is 1.55. The fraction of sp³-hybridized carbons (Fsp3) is 0.217. The molecule has 160 valence electrons. The summed E-state index contributed by atoms with van der Waals surface area (Å²) >= 11 is 0. The normalized spacial score (nSPS) is 15.6. The number of aryl methyl sites for hydroxylation is 1. The van der Waals surface area contributed by atoms with E-state index in [2.05, 4.69) is 0 Å². The first kappa shape index (κ1) is 21.0. The van der Waals surface area contributed by atoms with Crippen LogP contribution >= 0.6 is 0 Å². The molecule has 2 heterocycles. The fourth-order valence-corrected chi connectivity index (χ4v) is 4.67. The molecule has 7 nitrogen and oxygen atoms in total. The highest BCUT2D eigenvalue weighted by Crippen LogP contribution is 2.17. The number of fused-ring (bicyclic) bond motifs is 1. The van der Waals surface area contributed by atoms with Gasteiger partial charge in [-0.2, -0.15) is 4.31 Å². The maximum absolute atomic E-state index is 12.8. The minimum absolute atomic E-state index is 0.0402. The zero-order valence-corrected chi connectivity index (χ0v) is 17.8. The van der Waals surface area contributed by atoms with Crippen LogP contribution in [0.25, 0.3) is 17.0 Å². The molecule has 0 radical (unpaired) electrons. The quantitative estimate of drug-likeness (QED) is 0.625. The topological polar surface area (TPSA) is 87.9 Å². The second-order valence-electron chi connectivity index (χ2n) is 7.42. The summed E-state index contributed by atoms with van der Waals surface area (Å²) < 4.78 is 32.2. The lowest BCUT2D eigenvalue weighted by atomic mass is 10.1. The predicted octanol–water partition coefficient (Wildman–Crippen LogP) is 2.86. The number of hydrogen-bond donors (Lipinski definition) is 0. The number of amides is 1. The first-order chi connectivity index (χ1) is 14.8. The summed E-state index contributed by atoms with van der Waals surface area (Å²) in [4.78, 5) is 26.7. The average molecular weight is 439 g/mol. The van der Waals surface area contributed by atoms with Gasteiger partial charge < -0.3 is 9.32 Å². The molecule has 31 heavy (non-hydrogen) atoms. The molecule has 0 atom stereocenters. The van der Waals surface area contributed by atoms with E-state index in [4.69, 9.17) is 4.42 Å². The van der Waals surface area contributed by atoms with Gasteiger partial charge in [0.1, 0.15) is 5.58 Å². The van der Waals surface area contributed by atoms with Gasteiger partial charge in [-0.1, -0.05) is 42.0 Å². The first-order valence-corrected chi connectivity index (χ1v) is 11.4. The molecule has 3 aromatic rings. The van der Waals surface area contributed by atoms with Gasteiger partial charge in [0.05, 0.1) is 5.39 Å². The Balaban J connectivity index is 1.45. The predicted molar refractivity (Wildman–Crippen MR) is 119 cm³/mol. The van der Waals surface area contributed by atoms with E-state index in [9.17, 15) is 18.0 Å². The summed E-state index contributed by atoms with van der Waals surface area (Å²) in [6.45, 7) is 2.65. The zero-order chi connectivity index (χ0) is 22.0. The van der Waals surface area contributed by atoms with Crippen molar-refractivity contribution in [3.63, 3.8) is 0 Å². The maximum atomic E-state index is 12.8. The Labute approximate surface area is 180 Å². The van der Waals surface area contributed by atoms with Crippen LogP contribution in [0, 0.1) is 6.92 Å². The Morgan fingerprint density at radius 3 is 2.42 bits per heavy atom. The molecular weight excluding hydrogens is 416 g/mol. The Morgan fingerprint density at radius 2 is 1.71 bits per heavy atom. The molecule has 0 spiro atoms. The Kier molecular flexibility index (Phi) is 5.75. The highest BCUT2D eigenvalue weighted by Gasteiger charge is 2.29. The third-order valence-corrected chi connectivity index (χ3v) is 6.78. The number of carbonyl (C=O) groups is 1. The molecule has 0 N–H and O–H groups in total. The van der Waals surface area contributed by atoms with E-state index in [1.165, 1.54) is 20.7 Å². The molecule has 0 unspecified atom stereocenters. The van der Waals surface area contributed by atoms with Gasteiger partial charge in [0.25, 0.3) is 5.91 Å². The smallest absolute Gasteiger partial charge is 0.289 e. The number of rotatable bonds is 4. The summed E-state index contributed by atoms with van der Waals surface area (Å²) in [7, 11) is -3.59. The third-order valence-electron chi connectivity index (χ3n) is 5.21. The van der Waals surface area contributed by atoms with Crippen molar-refractivity contribution in [3.8, 4) is 0 Å². The lowest BCUT2D eigenvalue weighted by Crippen LogP contribution is -2.50. The minimum atomic E-state index is -3.59. The van der Waals surface area contributed by atoms with Gasteiger partial charge in [0.2, 0.25) is 10.0 Å². The van der Waals surface area contributed by atoms with E-state index < -0.39 is 15.9 Å². The zero-order valence-electron chi connectivity index (χ0n) is 17.0. The molecular formula is C23H22N2O5S. The van der Waals surface area contributed by atoms with Crippen molar-refractivity contribution >= 4 is 33.0 Å². The second-order valence-corrected chi connectivity index (χ2v) is 9.24. The van der Waals surface area contributed by atoms with Crippen molar-refractivity contribution < 1.29 is 17.6 Å². The number of benzene rings is 2. The van der Waals surface area contributed by atoms with Crippen LogP contribution in [0.5, 0.6) is 0 Å². The number of hydrogen-bond acceptors (Lipinski definition) is 5. The Bertz CT molecular complexity index is 1300. The first-order valence-electron chi connectivity index (χ1n) is 9.90. The van der Waals surface area contributed by atoms with Crippen LogP contribution in [0.4, 0.5) is 0 Å². The van der Waals surface area contributed by atoms with Crippen LogP contribution in [-0.4, -0.2) is 49.7 Å². The monoisotopic (exact) mass is 438 g/mol. The highest BCUT2D eigenvalue weighted by molar-refractivity contribution is 7.92. The maximum Gasteiger partial charge on any atom is 0.289 e. The largest absolute Gasteiger partial charge is 0.451 e. The molecule has 0 saturated carbocycles. The molecule has 1 saturated heterocycles. The van der Waals surface area contributed by atoms with Gasteiger partial charge in [-0.05, 0) is 30.7 Å². The standard InChI is InChI=1S/C23H22N2O5S/c1-17-7-8-21-19(15-17)20(26)16-22(30-21)23(27)24-10-12-25(13-11-24)31(28,29)14-9-18-5-3-2-4-6-18/h2-9,14-16H,10-13H2,1H3/b14-9+. The van der Waals surface area contributed by atoms with Crippen molar-refractivity contribution in [2.45, 2.75) is 6.92 Å². The van der Waals surface area contributed by atoms with Gasteiger partial charge >= 0.3 is 0 Å². The van der Waals surface area contributed by atoms with E-state index in [-0.39, 0.29) is 37.4 Å². The number of nitrogens with zero attached hydrogens (tertiary/aromatic N) is 2. The van der Waals surface area contributed by atoms with Gasteiger partial charge in [-0.3, -0.25) is 9.59 Å². The molecule has 1 amide bonds. The van der Waals surface area contributed by atoms with Crippen LogP contribution in [0.15, 0.2) is 69.2 Å². The SMILES string of the molecule is Cc1ccc2oc(C(=O)N3CCN(S(=O)(=O)/C=C/c4ccccc4)CC3)cc(=O)c2c1. The summed E-state index contributed by atoms with van der Waals surface area (Å²) in [5, 5.41) is 1.61. The van der Waals surface area contributed by atoms with Gasteiger partial charge in [0.15, 0.2) is 11.2 Å². The molecule has 4 rings (SSSR count). The third kappa shape index (κ3) is 4.60. The van der Waals surface area contributed by atoms with Crippen molar-refractivity contribution in [2.24, 2.45) is 0 Å². The van der Waals surface area contributed by atoms with Crippen molar-refractivity contribution in [2.75, 3.05) is 26.2 Å². The van der Waals surface area contributed by atoms with Crippen LogP contribution in [0.3, 0.4) is 0 Å². The van der Waals surface area contributed by atoms with Crippen molar-refractivity contribution in [1.29, 1.82) is 0 Å². The van der Waals surface area contributed by atoms with E-state index >= 15 is 0 Å². The second kappa shape index (κ2) is 8.49. The van der Waals surface area contributed by atoms with Gasteiger partial charge in [-0.15, -0.1) is 0 Å². The molecule has 8 heteroatoms. The summed E-state index contributed by atoms with van der Waals surface area (Å²) in [6, 6.07) is 15.6. The lowest BCUT2D eigenvalue weighted by Gasteiger charge is -2.33. The number of sulfonamides is 1. The van der Waals surface area contributed by atoms with E-state index in [1.807, 2.05) is 43.3 Å². The van der Waals surface area contributed by atoms with E-state index in [1.54, 1.807) is 18.2 Å². The van der Waals surface area contributed by atoms with Crippen LogP contribution in [0.2, 0.25) is 0 Å². The van der Waals surface area contributed by atoms with E-state index in [0.29, 0.717) is 11.0 Å². The summed E-state index contributed by atoms with van der Waals surface area (Å²) in [5.41, 5.74) is 1.80. The molecule has 0 bridgehead atoms. The molecule has 1 aliphatic heterocycles. The van der Waals surface area contributed by atoms with Crippen molar-refractivity contribution in [1.82, 2.24) is 9.21 Å². The average Bonchev–Trinajstić information content (AvgIpc) is 2.78. The molecule has 0 aliphatic carbocycles. The molecule has 1 aromatic heterocycles. The highest BCUT2D eigenvalue weighted by atomic mass is 32.2. The minimum Gasteiger partial charge on any atom is -0.451 e. The molecule has 2 aromatic carbocycles. The Morgan fingerprint density at radius 1 is 1.00 bits per heavy atom. The van der Waals surface area contributed by atoms with Crippen molar-refractivity contribution in [3.05, 3.63) is 87.1 Å². The van der Waals surface area contributed by atoms with E-state index in [0.717, 1.165) is 11.1 Å². The van der Waals surface area contributed by atoms with Crippen LogP contribution in [-0.2, 0) is 10.0 Å². The molecule has 1 fully saturated rings. The molecule has 1 aliphatic rings. The number of carbonyl (C=O) groups excluding carboxylic acids is 1. The lowest BCUT2D eigenvalue weighted by molar-refractivity contribution is 0.0667. The number of piperazine rings is 1. The summed E-state index contributed by atoms with van der Waals surface area (Å²) in [5.74, 6) is -0.460. The van der Waals surface area contributed by atoms with Crippen LogP contribution < -0.4 is 5.43 Å². The Hall–Kier alpha value is -3.23. The van der Waals surface area contributed by atoms with Gasteiger partial charge in [-0.25, -0.2) is 8.42 Å². The fourth-order valence-electron chi connectivity index (χ4n) is 3.49. The van der Waals surface area contributed by atoms with Crippen LogP contribution in [0.1, 0.15) is 21.7 Å². The van der Waals surface area contributed by atoms with Gasteiger partial charge in [0, 0.05) is 37.7 Å².